The van der Waals surface area contributed by atoms with Crippen LogP contribution in [0.1, 0.15) is 24.8 Å². The van der Waals surface area contributed by atoms with Gasteiger partial charge in [0.05, 0.1) is 11.5 Å². The lowest BCUT2D eigenvalue weighted by molar-refractivity contribution is -0.121. The molecule has 31 heavy (non-hydrogen) atoms. The second-order valence-corrected chi connectivity index (χ2v) is 10.2. The van der Waals surface area contributed by atoms with E-state index in [0.717, 1.165) is 17.7 Å². The Bertz CT molecular complexity index is 1090. The number of carbonyl (C=O) groups excluding carboxylic acids is 1. The van der Waals surface area contributed by atoms with Crippen molar-refractivity contribution in [3.8, 4) is 5.75 Å². The van der Waals surface area contributed by atoms with E-state index in [0.29, 0.717) is 29.7 Å². The van der Waals surface area contributed by atoms with Gasteiger partial charge in [-0.05, 0) is 61.7 Å². The highest BCUT2D eigenvalue weighted by Gasteiger charge is 2.40. The highest BCUT2D eigenvalue weighted by Crippen LogP contribution is 2.37. The first-order valence-corrected chi connectivity index (χ1v) is 11.5. The summed E-state index contributed by atoms with van der Waals surface area (Å²) in [6.45, 7) is 2.21. The highest BCUT2D eigenvalue weighted by atomic mass is 35.5. The highest BCUT2D eigenvalue weighted by molar-refractivity contribution is 7.89. The van der Waals surface area contributed by atoms with E-state index < -0.39 is 33.0 Å². The molecule has 2 aromatic rings. The number of hydrogen-bond acceptors (Lipinski definition) is 4. The van der Waals surface area contributed by atoms with Crippen LogP contribution in [0.4, 0.5) is 8.78 Å². The van der Waals surface area contributed by atoms with Crippen molar-refractivity contribution in [2.24, 2.45) is 11.1 Å². The number of rotatable bonds is 7. The predicted octanol–water partition coefficient (Wildman–Crippen LogP) is 3.65. The van der Waals surface area contributed by atoms with Crippen LogP contribution in [0.15, 0.2) is 41.3 Å². The monoisotopic (exact) mass is 472 g/mol. The molecule has 0 unspecified atom stereocenters. The van der Waals surface area contributed by atoms with Crippen LogP contribution in [0.25, 0.3) is 0 Å². The third-order valence-electron chi connectivity index (χ3n) is 5.54. The van der Waals surface area contributed by atoms with Gasteiger partial charge in [0.2, 0.25) is 15.9 Å². The molecular formula is C21H23ClF2N2O4S. The van der Waals surface area contributed by atoms with Crippen LogP contribution in [0.3, 0.4) is 0 Å². The third-order valence-corrected chi connectivity index (χ3v) is 7.85. The van der Waals surface area contributed by atoms with E-state index in [1.54, 1.807) is 18.2 Å². The summed E-state index contributed by atoms with van der Waals surface area (Å²) in [5.74, 6) is -2.27. The molecule has 1 heterocycles. The number of benzene rings is 2. The lowest BCUT2D eigenvalue weighted by Gasteiger charge is -2.40. The zero-order valence-electron chi connectivity index (χ0n) is 16.9. The molecule has 1 aliphatic rings. The summed E-state index contributed by atoms with van der Waals surface area (Å²) in [4.78, 5) is 11.4. The molecule has 1 amide bonds. The molecule has 0 radical (unpaired) electrons. The maximum Gasteiger partial charge on any atom is 0.243 e. The Kier molecular flexibility index (Phi) is 6.88. The fraction of sp³-hybridized carbons (Fsp3) is 0.381. The van der Waals surface area contributed by atoms with E-state index >= 15 is 0 Å². The summed E-state index contributed by atoms with van der Waals surface area (Å²) in [7, 11) is -4.00. The normalized spacial score (nSPS) is 16.8. The molecule has 3 rings (SSSR count). The fourth-order valence-corrected chi connectivity index (χ4v) is 5.24. The van der Waals surface area contributed by atoms with Crippen molar-refractivity contribution in [3.05, 3.63) is 58.6 Å². The number of carbonyl (C=O) groups is 1. The van der Waals surface area contributed by atoms with Crippen LogP contribution in [0.2, 0.25) is 5.02 Å². The average molecular weight is 473 g/mol. The van der Waals surface area contributed by atoms with Gasteiger partial charge in [0.1, 0.15) is 5.75 Å². The number of aryl methyl sites for hydroxylation is 1. The van der Waals surface area contributed by atoms with E-state index in [1.807, 2.05) is 6.92 Å². The molecule has 0 aliphatic carbocycles. The quantitative estimate of drug-likeness (QED) is 0.666. The Morgan fingerprint density at radius 2 is 1.84 bits per heavy atom. The van der Waals surface area contributed by atoms with Crippen molar-refractivity contribution in [2.45, 2.75) is 31.1 Å². The van der Waals surface area contributed by atoms with Crippen molar-refractivity contribution >= 4 is 27.5 Å². The Balaban J connectivity index is 1.74. The summed E-state index contributed by atoms with van der Waals surface area (Å²) in [6.07, 6.45) is 0.690. The lowest BCUT2D eigenvalue weighted by atomic mass is 9.76. The van der Waals surface area contributed by atoms with Crippen LogP contribution < -0.4 is 10.5 Å². The zero-order chi connectivity index (χ0) is 22.8. The topological polar surface area (TPSA) is 89.7 Å². The first-order chi connectivity index (χ1) is 14.5. The SMILES string of the molecule is Cc1cc(OCC2(CC(N)=O)CCN(S(=O)(=O)c3ccc(F)c(F)c3)CC2)ccc1Cl. The van der Waals surface area contributed by atoms with Gasteiger partial charge in [0.15, 0.2) is 11.6 Å². The van der Waals surface area contributed by atoms with E-state index in [2.05, 4.69) is 0 Å². The van der Waals surface area contributed by atoms with Gasteiger partial charge in [-0.15, -0.1) is 0 Å². The number of hydrogen-bond donors (Lipinski definition) is 1. The summed E-state index contributed by atoms with van der Waals surface area (Å²) in [5.41, 5.74) is 5.65. The van der Waals surface area contributed by atoms with Crippen LogP contribution in [-0.4, -0.2) is 38.3 Å². The smallest absolute Gasteiger partial charge is 0.243 e. The number of nitrogens with two attached hydrogens (primary N) is 1. The molecule has 6 nitrogen and oxygen atoms in total. The van der Waals surface area contributed by atoms with E-state index in [4.69, 9.17) is 22.1 Å². The van der Waals surface area contributed by atoms with Crippen LogP contribution in [0, 0.1) is 24.0 Å². The summed E-state index contributed by atoms with van der Waals surface area (Å²) in [6, 6.07) is 7.70. The van der Waals surface area contributed by atoms with Crippen LogP contribution >= 0.6 is 11.6 Å². The number of halogens is 3. The van der Waals surface area contributed by atoms with Gasteiger partial charge in [-0.3, -0.25) is 4.79 Å². The first kappa shape index (κ1) is 23.4. The standard InChI is InChI=1S/C21H23ClF2N2O4S/c1-14-10-15(2-4-17(14)22)30-13-21(12-20(25)27)6-8-26(9-7-21)31(28,29)16-3-5-18(23)19(24)11-16/h2-5,10-11H,6-9,12-13H2,1H3,(H2,25,27). The molecule has 10 heteroatoms. The van der Waals surface area contributed by atoms with Gasteiger partial charge < -0.3 is 10.5 Å². The Labute approximate surface area is 185 Å². The Hall–Kier alpha value is -2.23. The number of amides is 1. The number of sulfonamides is 1. The minimum absolute atomic E-state index is 0.0403. The minimum atomic E-state index is -4.00. The molecule has 0 aromatic heterocycles. The van der Waals surface area contributed by atoms with Gasteiger partial charge in [-0.25, -0.2) is 17.2 Å². The maximum absolute atomic E-state index is 13.5. The number of nitrogens with zero attached hydrogens (tertiary/aromatic N) is 1. The van der Waals surface area contributed by atoms with Crippen LogP contribution in [-0.2, 0) is 14.8 Å². The number of ether oxygens (including phenoxy) is 1. The summed E-state index contributed by atoms with van der Waals surface area (Å²) < 4.78 is 59.5. The van der Waals surface area contributed by atoms with Gasteiger partial charge >= 0.3 is 0 Å². The second kappa shape index (κ2) is 9.10. The molecule has 0 atom stereocenters. The summed E-state index contributed by atoms with van der Waals surface area (Å²) >= 11 is 6.03. The Morgan fingerprint density at radius 1 is 1.16 bits per heavy atom. The fourth-order valence-electron chi connectivity index (χ4n) is 3.67. The average Bonchev–Trinajstić information content (AvgIpc) is 2.71. The molecule has 1 aliphatic heterocycles. The molecule has 0 spiro atoms. The van der Waals surface area contributed by atoms with Crippen molar-refractivity contribution in [1.29, 1.82) is 0 Å². The molecule has 1 saturated heterocycles. The predicted molar refractivity (Wildman–Crippen MR) is 112 cm³/mol. The molecule has 2 N–H and O–H groups in total. The molecule has 1 fully saturated rings. The van der Waals surface area contributed by atoms with Gasteiger partial charge in [-0.1, -0.05) is 11.6 Å². The van der Waals surface area contributed by atoms with Crippen molar-refractivity contribution < 1.29 is 26.7 Å². The molecule has 168 valence electrons. The lowest BCUT2D eigenvalue weighted by Crippen LogP contribution is -2.47. The van der Waals surface area contributed by atoms with Gasteiger partial charge in [0, 0.05) is 29.9 Å². The zero-order valence-corrected chi connectivity index (χ0v) is 18.5. The van der Waals surface area contributed by atoms with Crippen molar-refractivity contribution in [2.75, 3.05) is 19.7 Å². The maximum atomic E-state index is 13.5. The van der Waals surface area contributed by atoms with E-state index in [1.165, 1.54) is 4.31 Å². The molecular weight excluding hydrogens is 450 g/mol. The molecule has 2 aromatic carbocycles. The first-order valence-electron chi connectivity index (χ1n) is 9.65. The second-order valence-electron chi connectivity index (χ2n) is 7.82. The van der Waals surface area contributed by atoms with Gasteiger partial charge in [-0.2, -0.15) is 4.31 Å². The number of piperidine rings is 1. The van der Waals surface area contributed by atoms with Crippen molar-refractivity contribution in [3.63, 3.8) is 0 Å². The van der Waals surface area contributed by atoms with Crippen LogP contribution in [0.5, 0.6) is 5.75 Å². The van der Waals surface area contributed by atoms with E-state index in [9.17, 15) is 22.0 Å². The minimum Gasteiger partial charge on any atom is -0.493 e. The van der Waals surface area contributed by atoms with Crippen molar-refractivity contribution in [1.82, 2.24) is 4.31 Å². The number of primary amides is 1. The molecule has 0 bridgehead atoms. The largest absolute Gasteiger partial charge is 0.493 e. The van der Waals surface area contributed by atoms with E-state index in [-0.39, 0.29) is 31.0 Å². The van der Waals surface area contributed by atoms with Gasteiger partial charge in [0.25, 0.3) is 0 Å². The Morgan fingerprint density at radius 3 is 2.42 bits per heavy atom. The third kappa shape index (κ3) is 5.34. The summed E-state index contributed by atoms with van der Waals surface area (Å²) in [5, 5.41) is 0.606. The molecule has 0 saturated carbocycles.